The van der Waals surface area contributed by atoms with Crippen LogP contribution in [0.5, 0.6) is 17.2 Å². The Morgan fingerprint density at radius 3 is 2.26 bits per heavy atom. The van der Waals surface area contributed by atoms with Crippen LogP contribution in [0.25, 0.3) is 0 Å². The Kier molecular flexibility index (Phi) is 12.0. The average Bonchev–Trinajstić information content (AvgIpc) is 2.93. The molecule has 0 amide bonds. The summed E-state index contributed by atoms with van der Waals surface area (Å²) in [5, 5.41) is 0. The molecule has 0 spiro atoms. The minimum Gasteiger partial charge on any atom is -0.494 e. The minimum atomic E-state index is -0.562. The van der Waals surface area contributed by atoms with Crippen molar-refractivity contribution in [3.63, 3.8) is 0 Å². The molecule has 0 N–H and O–H groups in total. The van der Waals surface area contributed by atoms with E-state index in [0.29, 0.717) is 36.7 Å². The van der Waals surface area contributed by atoms with Crippen molar-refractivity contribution in [3.8, 4) is 17.2 Å². The fourth-order valence-electron chi connectivity index (χ4n) is 4.33. The van der Waals surface area contributed by atoms with Gasteiger partial charge in [0.2, 0.25) is 0 Å². The van der Waals surface area contributed by atoms with Crippen LogP contribution in [0.2, 0.25) is 0 Å². The first-order chi connectivity index (χ1) is 18.5. The maximum absolute atomic E-state index is 12.6. The van der Waals surface area contributed by atoms with Gasteiger partial charge < -0.3 is 18.9 Å². The summed E-state index contributed by atoms with van der Waals surface area (Å²) in [4.78, 5) is 36.7. The number of benzene rings is 2. The predicted molar refractivity (Wildman–Crippen MR) is 145 cm³/mol. The van der Waals surface area contributed by atoms with Gasteiger partial charge in [0.15, 0.2) is 6.29 Å². The second kappa shape index (κ2) is 15.7. The van der Waals surface area contributed by atoms with E-state index < -0.39 is 5.97 Å². The summed E-state index contributed by atoms with van der Waals surface area (Å²) in [6.07, 6.45) is 10.0. The van der Waals surface area contributed by atoms with Crippen molar-refractivity contribution in [2.45, 2.75) is 58.3 Å². The van der Waals surface area contributed by atoms with Crippen LogP contribution in [-0.4, -0.2) is 38.0 Å². The Hall–Kier alpha value is -3.45. The zero-order valence-electron chi connectivity index (χ0n) is 22.2. The maximum atomic E-state index is 12.6. The van der Waals surface area contributed by atoms with Crippen LogP contribution in [0.15, 0.2) is 55.1 Å². The SMILES string of the molecule is C=CCOCCCCCCOc1ccc(C(=O)Oc2ccc(OC(=O)C3CCC(C)CC3)c(C=O)c2)cc1. The van der Waals surface area contributed by atoms with Crippen molar-refractivity contribution in [3.05, 3.63) is 66.2 Å². The first-order valence-corrected chi connectivity index (χ1v) is 13.4. The molecule has 1 aliphatic carbocycles. The number of aldehydes is 1. The van der Waals surface area contributed by atoms with E-state index in [4.69, 9.17) is 18.9 Å². The van der Waals surface area contributed by atoms with E-state index in [2.05, 4.69) is 13.5 Å². The summed E-state index contributed by atoms with van der Waals surface area (Å²) in [6, 6.07) is 11.1. The van der Waals surface area contributed by atoms with E-state index >= 15 is 0 Å². The van der Waals surface area contributed by atoms with Crippen LogP contribution >= 0.6 is 0 Å². The zero-order valence-corrected chi connectivity index (χ0v) is 22.2. The molecule has 3 rings (SSSR count). The minimum absolute atomic E-state index is 0.150. The van der Waals surface area contributed by atoms with E-state index in [1.165, 1.54) is 18.2 Å². The highest BCUT2D eigenvalue weighted by Crippen LogP contribution is 2.31. The number of ether oxygens (including phenoxy) is 4. The average molecular weight is 523 g/mol. The van der Waals surface area contributed by atoms with Crippen molar-refractivity contribution >= 4 is 18.2 Å². The van der Waals surface area contributed by atoms with Gasteiger partial charge >= 0.3 is 11.9 Å². The van der Waals surface area contributed by atoms with Crippen LogP contribution < -0.4 is 14.2 Å². The highest BCUT2D eigenvalue weighted by atomic mass is 16.5. The largest absolute Gasteiger partial charge is 0.494 e. The molecule has 2 aromatic rings. The third kappa shape index (κ3) is 9.45. The molecule has 1 saturated carbocycles. The van der Waals surface area contributed by atoms with Crippen molar-refractivity contribution in [2.24, 2.45) is 11.8 Å². The number of hydrogen-bond acceptors (Lipinski definition) is 7. The van der Waals surface area contributed by atoms with E-state index in [1.807, 2.05) is 0 Å². The Labute approximate surface area is 225 Å². The molecule has 0 radical (unpaired) electrons. The number of hydrogen-bond donors (Lipinski definition) is 0. The highest BCUT2D eigenvalue weighted by molar-refractivity contribution is 5.91. The molecular weight excluding hydrogens is 484 g/mol. The van der Waals surface area contributed by atoms with Crippen LogP contribution in [0.4, 0.5) is 0 Å². The third-order valence-electron chi connectivity index (χ3n) is 6.66. The Bertz CT molecular complexity index is 1050. The van der Waals surface area contributed by atoms with Gasteiger partial charge in [0.05, 0.1) is 30.3 Å². The lowest BCUT2D eigenvalue weighted by molar-refractivity contribution is -0.140. The van der Waals surface area contributed by atoms with Crippen LogP contribution in [0, 0.1) is 11.8 Å². The molecule has 0 heterocycles. The molecule has 1 fully saturated rings. The molecule has 0 aromatic heterocycles. The van der Waals surface area contributed by atoms with Crippen molar-refractivity contribution in [1.82, 2.24) is 0 Å². The summed E-state index contributed by atoms with van der Waals surface area (Å²) >= 11 is 0. The summed E-state index contributed by atoms with van der Waals surface area (Å²) < 4.78 is 22.1. The van der Waals surface area contributed by atoms with Crippen LogP contribution in [0.1, 0.15) is 79.0 Å². The van der Waals surface area contributed by atoms with Crippen molar-refractivity contribution in [2.75, 3.05) is 19.8 Å². The van der Waals surface area contributed by atoms with Gasteiger partial charge in [-0.25, -0.2) is 4.79 Å². The monoisotopic (exact) mass is 522 g/mol. The van der Waals surface area contributed by atoms with Gasteiger partial charge in [0, 0.05) is 6.61 Å². The number of carbonyl (C=O) groups excluding carboxylic acids is 3. The summed E-state index contributed by atoms with van der Waals surface area (Å²) in [5.74, 6) is 0.634. The number of unbranched alkanes of at least 4 members (excludes halogenated alkanes) is 3. The van der Waals surface area contributed by atoms with Crippen LogP contribution in [0.3, 0.4) is 0 Å². The van der Waals surface area contributed by atoms with Crippen LogP contribution in [-0.2, 0) is 9.53 Å². The molecule has 0 unspecified atom stereocenters. The Morgan fingerprint density at radius 2 is 1.58 bits per heavy atom. The molecule has 7 heteroatoms. The van der Waals surface area contributed by atoms with Gasteiger partial charge in [-0.3, -0.25) is 9.59 Å². The quantitative estimate of drug-likeness (QED) is 0.0857. The zero-order chi connectivity index (χ0) is 27.2. The van der Waals surface area contributed by atoms with Gasteiger partial charge in [-0.2, -0.15) is 0 Å². The summed E-state index contributed by atoms with van der Waals surface area (Å²) in [5.41, 5.74) is 0.507. The highest BCUT2D eigenvalue weighted by Gasteiger charge is 2.26. The van der Waals surface area contributed by atoms with E-state index in [9.17, 15) is 14.4 Å². The fraction of sp³-hybridized carbons (Fsp3) is 0.452. The number of rotatable bonds is 15. The lowest BCUT2D eigenvalue weighted by atomic mass is 9.83. The van der Waals surface area contributed by atoms with Gasteiger partial charge in [-0.1, -0.05) is 19.4 Å². The molecule has 0 aliphatic heterocycles. The lowest BCUT2D eigenvalue weighted by Gasteiger charge is -2.24. The maximum Gasteiger partial charge on any atom is 0.343 e. The van der Waals surface area contributed by atoms with Gasteiger partial charge in [0.25, 0.3) is 0 Å². The second-order valence-electron chi connectivity index (χ2n) is 9.74. The van der Waals surface area contributed by atoms with Crippen molar-refractivity contribution in [1.29, 1.82) is 0 Å². The first-order valence-electron chi connectivity index (χ1n) is 13.4. The van der Waals surface area contributed by atoms with Gasteiger partial charge in [-0.05, 0) is 93.3 Å². The molecular formula is C31H38O7. The lowest BCUT2D eigenvalue weighted by Crippen LogP contribution is -2.25. The first kappa shape index (κ1) is 29.1. The van der Waals surface area contributed by atoms with Crippen molar-refractivity contribution < 1.29 is 33.3 Å². The Balaban J connectivity index is 1.44. The third-order valence-corrected chi connectivity index (χ3v) is 6.66. The molecule has 1 aliphatic rings. The number of carbonyl (C=O) groups is 3. The molecule has 204 valence electrons. The van der Waals surface area contributed by atoms with Gasteiger partial charge in [-0.15, -0.1) is 6.58 Å². The molecule has 7 nitrogen and oxygen atoms in total. The predicted octanol–water partition coefficient (Wildman–Crippen LogP) is 6.59. The fourth-order valence-corrected chi connectivity index (χ4v) is 4.33. The molecule has 0 bridgehead atoms. The van der Waals surface area contributed by atoms with E-state index in [0.717, 1.165) is 58.0 Å². The summed E-state index contributed by atoms with van der Waals surface area (Å²) in [6.45, 7) is 7.74. The number of esters is 2. The Morgan fingerprint density at radius 1 is 0.895 bits per heavy atom. The standard InChI is InChI=1S/C31H38O7/c1-3-18-35-19-6-4-5-7-20-36-27-14-12-25(13-15-27)30(33)37-28-16-17-29(26(21-28)22-32)38-31(34)24-10-8-23(2)9-11-24/h3,12-17,21-24H,1,4-11,18-20H2,2H3. The molecule has 38 heavy (non-hydrogen) atoms. The summed E-state index contributed by atoms with van der Waals surface area (Å²) in [7, 11) is 0. The molecule has 0 saturated heterocycles. The smallest absolute Gasteiger partial charge is 0.343 e. The molecule has 2 aromatic carbocycles. The normalized spacial score (nSPS) is 16.9. The topological polar surface area (TPSA) is 88.1 Å². The van der Waals surface area contributed by atoms with Gasteiger partial charge in [0.1, 0.15) is 17.2 Å². The second-order valence-corrected chi connectivity index (χ2v) is 9.74. The van der Waals surface area contributed by atoms with E-state index in [-0.39, 0.29) is 28.9 Å². The van der Waals surface area contributed by atoms with E-state index in [1.54, 1.807) is 30.3 Å². The molecule has 0 atom stereocenters.